The fourth-order valence-corrected chi connectivity index (χ4v) is 5.74. The molecule has 0 aromatic heterocycles. The van der Waals surface area contributed by atoms with E-state index >= 15 is 0 Å². The molecule has 3 aromatic carbocycles. The predicted molar refractivity (Wildman–Crippen MR) is 98.6 cm³/mol. The first kappa shape index (κ1) is 17.6. The van der Waals surface area contributed by atoms with Crippen molar-refractivity contribution in [1.82, 2.24) is 0 Å². The summed E-state index contributed by atoms with van der Waals surface area (Å²) in [5.74, 6) is -0.382. The van der Waals surface area contributed by atoms with Crippen molar-refractivity contribution in [3.63, 3.8) is 0 Å². The minimum absolute atomic E-state index is 0.0340. The van der Waals surface area contributed by atoms with Crippen LogP contribution >= 0.6 is 7.14 Å². The third-order valence-electron chi connectivity index (χ3n) is 4.28. The summed E-state index contributed by atoms with van der Waals surface area (Å²) in [6.07, 6.45) is -3.79. The van der Waals surface area contributed by atoms with E-state index in [1.165, 1.54) is 19.2 Å². The van der Waals surface area contributed by atoms with Gasteiger partial charge in [0.05, 0.1) is 7.11 Å². The Morgan fingerprint density at radius 1 is 0.852 bits per heavy atom. The van der Waals surface area contributed by atoms with Gasteiger partial charge in [-0.2, -0.15) is 0 Å². The van der Waals surface area contributed by atoms with Crippen molar-refractivity contribution in [3.05, 3.63) is 72.8 Å². The van der Waals surface area contributed by atoms with Gasteiger partial charge < -0.3 is 18.8 Å². The van der Waals surface area contributed by atoms with Crippen LogP contribution in [0.1, 0.15) is 0 Å². The molecule has 138 valence electrons. The van der Waals surface area contributed by atoms with Gasteiger partial charge in [0.15, 0.2) is 18.6 Å². The molecular weight excluding hydrogens is 373 g/mol. The van der Waals surface area contributed by atoms with Gasteiger partial charge in [-0.05, 0) is 12.1 Å². The molecule has 0 N–H and O–H groups in total. The number of halogens is 2. The van der Waals surface area contributed by atoms with Gasteiger partial charge in [0, 0.05) is 15.9 Å². The third-order valence-corrected chi connectivity index (χ3v) is 7.31. The smallest absolute Gasteiger partial charge is 0.493 e. The minimum atomic E-state index is -3.79. The van der Waals surface area contributed by atoms with E-state index in [-0.39, 0.29) is 17.2 Å². The number of benzene rings is 3. The molecule has 0 atom stereocenters. The second-order valence-corrected chi connectivity index (χ2v) is 8.69. The van der Waals surface area contributed by atoms with Crippen LogP contribution in [0.15, 0.2) is 72.8 Å². The summed E-state index contributed by atoms with van der Waals surface area (Å²) in [6.45, 7) is 0. The van der Waals surface area contributed by atoms with Gasteiger partial charge in [0.1, 0.15) is 0 Å². The third kappa shape index (κ3) is 2.96. The van der Waals surface area contributed by atoms with Crippen LogP contribution in [0.4, 0.5) is 8.78 Å². The molecule has 0 unspecified atom stereocenters. The fraction of sp³-hybridized carbons (Fsp3) is 0.100. The van der Waals surface area contributed by atoms with Crippen LogP contribution < -0.4 is 30.1 Å². The standard InChI is InChI=1S/C20H15F2O4P/c1-24-17-12-16(13-18-19(17)26-20(21,22)25-18)27(23,14-8-4-2-5-9-14)15-10-6-3-7-11-15/h2-13H,1H3. The summed E-state index contributed by atoms with van der Waals surface area (Å²) < 4.78 is 55.7. The van der Waals surface area contributed by atoms with Gasteiger partial charge >= 0.3 is 6.29 Å². The molecule has 0 aliphatic carbocycles. The van der Waals surface area contributed by atoms with Crippen molar-refractivity contribution < 1.29 is 27.6 Å². The van der Waals surface area contributed by atoms with Crippen molar-refractivity contribution >= 4 is 23.1 Å². The lowest BCUT2D eigenvalue weighted by molar-refractivity contribution is -0.287. The van der Waals surface area contributed by atoms with Gasteiger partial charge in [-0.15, -0.1) is 8.78 Å². The number of hydrogen-bond acceptors (Lipinski definition) is 4. The average molecular weight is 388 g/mol. The first-order valence-corrected chi connectivity index (χ1v) is 9.84. The maximum atomic E-state index is 14.3. The molecule has 1 heterocycles. The molecule has 1 aliphatic heterocycles. The summed E-state index contributed by atoms with van der Waals surface area (Å²) in [5.41, 5.74) is 0. The van der Waals surface area contributed by atoms with Crippen LogP contribution in [0.5, 0.6) is 17.2 Å². The molecule has 0 spiro atoms. The lowest BCUT2D eigenvalue weighted by Crippen LogP contribution is -2.26. The predicted octanol–water partition coefficient (Wildman–Crippen LogP) is 3.66. The Morgan fingerprint density at radius 3 is 1.93 bits per heavy atom. The van der Waals surface area contributed by atoms with Crippen LogP contribution in [0, 0.1) is 0 Å². The van der Waals surface area contributed by atoms with Crippen molar-refractivity contribution in [2.24, 2.45) is 0 Å². The zero-order valence-electron chi connectivity index (χ0n) is 14.3. The summed E-state index contributed by atoms with van der Waals surface area (Å²) in [7, 11) is -2.02. The highest BCUT2D eigenvalue weighted by molar-refractivity contribution is 7.85. The molecule has 0 saturated heterocycles. The zero-order valence-corrected chi connectivity index (χ0v) is 15.2. The van der Waals surface area contributed by atoms with Crippen molar-refractivity contribution in [3.8, 4) is 17.2 Å². The van der Waals surface area contributed by atoms with E-state index in [0.717, 1.165) is 0 Å². The fourth-order valence-electron chi connectivity index (χ4n) is 3.06. The zero-order chi connectivity index (χ0) is 19.1. The van der Waals surface area contributed by atoms with Gasteiger partial charge in [-0.3, -0.25) is 0 Å². The number of rotatable bonds is 4. The van der Waals surface area contributed by atoms with E-state index in [2.05, 4.69) is 9.47 Å². The second kappa shape index (κ2) is 6.39. The lowest BCUT2D eigenvalue weighted by Gasteiger charge is -2.21. The van der Waals surface area contributed by atoms with Gasteiger partial charge in [-0.25, -0.2) is 0 Å². The molecule has 1 aliphatic rings. The summed E-state index contributed by atoms with van der Waals surface area (Å²) in [5, 5.41) is 1.46. The normalized spacial score (nSPS) is 14.8. The second-order valence-electron chi connectivity index (χ2n) is 5.92. The summed E-state index contributed by atoms with van der Waals surface area (Å²) in [6, 6.07) is 20.6. The average Bonchev–Trinajstić information content (AvgIpc) is 3.01. The molecule has 0 radical (unpaired) electrons. The van der Waals surface area contributed by atoms with Crippen molar-refractivity contribution in [2.45, 2.75) is 6.29 Å². The van der Waals surface area contributed by atoms with E-state index in [9.17, 15) is 13.3 Å². The van der Waals surface area contributed by atoms with E-state index in [4.69, 9.17) is 4.74 Å². The minimum Gasteiger partial charge on any atom is -0.493 e. The first-order valence-electron chi connectivity index (χ1n) is 8.14. The lowest BCUT2D eigenvalue weighted by atomic mass is 10.3. The van der Waals surface area contributed by atoms with E-state index in [1.807, 2.05) is 12.1 Å². The number of methoxy groups -OCH3 is 1. The summed E-state index contributed by atoms with van der Waals surface area (Å²) >= 11 is 0. The molecule has 4 nitrogen and oxygen atoms in total. The van der Waals surface area contributed by atoms with Gasteiger partial charge in [0.2, 0.25) is 5.75 Å². The van der Waals surface area contributed by atoms with Crippen molar-refractivity contribution in [1.29, 1.82) is 0 Å². The molecule has 27 heavy (non-hydrogen) atoms. The molecule has 0 bridgehead atoms. The number of fused-ring (bicyclic) bond motifs is 1. The molecule has 0 saturated carbocycles. The van der Waals surface area contributed by atoms with E-state index in [0.29, 0.717) is 15.9 Å². The molecular formula is C20H15F2O4P. The SMILES string of the molecule is COc1cc(P(=O)(c2ccccc2)c2ccccc2)cc2c1OC(F)(F)O2. The van der Waals surface area contributed by atoms with Gasteiger partial charge in [-0.1, -0.05) is 60.7 Å². The Hall–Kier alpha value is -2.85. The molecule has 0 fully saturated rings. The number of alkyl halides is 2. The Bertz CT molecular complexity index is 979. The highest BCUT2D eigenvalue weighted by atomic mass is 31.2. The Morgan fingerprint density at radius 2 is 1.41 bits per heavy atom. The Balaban J connectivity index is 1.97. The Kier molecular flexibility index (Phi) is 4.16. The summed E-state index contributed by atoms with van der Waals surface area (Å²) in [4.78, 5) is 0. The Labute approximate surface area is 154 Å². The quantitative estimate of drug-likeness (QED) is 0.640. The number of ether oxygens (including phenoxy) is 3. The topological polar surface area (TPSA) is 44.8 Å². The van der Waals surface area contributed by atoms with Gasteiger partial charge in [0.25, 0.3) is 0 Å². The molecule has 0 amide bonds. The molecule has 3 aromatic rings. The largest absolute Gasteiger partial charge is 0.586 e. The molecule has 7 heteroatoms. The highest BCUT2D eigenvalue weighted by Crippen LogP contribution is 2.51. The van der Waals surface area contributed by atoms with Crippen LogP contribution in [0.3, 0.4) is 0 Å². The van der Waals surface area contributed by atoms with Crippen LogP contribution in [0.2, 0.25) is 0 Å². The highest BCUT2D eigenvalue weighted by Gasteiger charge is 2.46. The van der Waals surface area contributed by atoms with Crippen LogP contribution in [0.25, 0.3) is 0 Å². The van der Waals surface area contributed by atoms with Crippen LogP contribution in [-0.4, -0.2) is 13.4 Å². The molecule has 4 rings (SSSR count). The van der Waals surface area contributed by atoms with Crippen molar-refractivity contribution in [2.75, 3.05) is 7.11 Å². The monoisotopic (exact) mass is 388 g/mol. The maximum Gasteiger partial charge on any atom is 0.586 e. The van der Waals surface area contributed by atoms with Crippen LogP contribution in [-0.2, 0) is 4.57 Å². The van der Waals surface area contributed by atoms with E-state index in [1.54, 1.807) is 48.5 Å². The first-order chi connectivity index (χ1) is 12.9. The number of hydrogen-bond donors (Lipinski definition) is 0. The maximum absolute atomic E-state index is 14.3. The van der Waals surface area contributed by atoms with E-state index < -0.39 is 13.4 Å².